The Balaban J connectivity index is 1.72. The number of sulfonamides is 1. The van der Waals surface area contributed by atoms with Crippen LogP contribution in [0.2, 0.25) is 0 Å². The molecule has 0 unspecified atom stereocenters. The molecule has 2 aromatic rings. The second kappa shape index (κ2) is 7.95. The second-order valence-corrected chi connectivity index (χ2v) is 8.02. The lowest BCUT2D eigenvalue weighted by atomic mass is 10.2. The van der Waals surface area contributed by atoms with Crippen molar-refractivity contribution in [2.24, 2.45) is 0 Å². The highest BCUT2D eigenvalue weighted by atomic mass is 32.2. The van der Waals surface area contributed by atoms with Gasteiger partial charge in [0, 0.05) is 30.4 Å². The summed E-state index contributed by atoms with van der Waals surface area (Å²) < 4.78 is 37.8. The largest absolute Gasteiger partial charge is 0.454 e. The van der Waals surface area contributed by atoms with Gasteiger partial charge < -0.3 is 19.7 Å². The lowest BCUT2D eigenvalue weighted by Gasteiger charge is -2.12. The second-order valence-electron chi connectivity index (χ2n) is 6.25. The van der Waals surface area contributed by atoms with Crippen molar-refractivity contribution < 1.29 is 22.7 Å². The molecule has 1 amide bonds. The van der Waals surface area contributed by atoms with Crippen LogP contribution >= 0.6 is 0 Å². The van der Waals surface area contributed by atoms with Crippen LogP contribution in [0.25, 0.3) is 0 Å². The summed E-state index contributed by atoms with van der Waals surface area (Å²) in [6.45, 7) is 1.000. The van der Waals surface area contributed by atoms with Crippen molar-refractivity contribution in [3.05, 3.63) is 48.0 Å². The van der Waals surface area contributed by atoms with E-state index in [9.17, 15) is 13.2 Å². The first kappa shape index (κ1) is 19.2. The average Bonchev–Trinajstić information content (AvgIpc) is 3.09. The van der Waals surface area contributed by atoms with Crippen LogP contribution in [0.3, 0.4) is 0 Å². The third-order valence-corrected chi connectivity index (χ3v) is 5.35. The highest BCUT2D eigenvalue weighted by Crippen LogP contribution is 2.34. The molecule has 2 aromatic carbocycles. The van der Waals surface area contributed by atoms with Gasteiger partial charge in [-0.2, -0.15) is 0 Å². The molecule has 1 heterocycles. The maximum Gasteiger partial charge on any atom is 0.255 e. The van der Waals surface area contributed by atoms with Crippen LogP contribution in [0.15, 0.2) is 47.4 Å². The Kier molecular flexibility index (Phi) is 5.64. The standard InChI is InChI=1S/C18H21N3O5S/c1-21(2)9-8-19-27(23,24)15-5-3-4-13(10-15)18(22)20-14-6-7-16-17(11-14)26-12-25-16/h3-7,10-11,19H,8-9,12H2,1-2H3,(H,20,22). The van der Waals surface area contributed by atoms with Crippen molar-refractivity contribution >= 4 is 21.6 Å². The SMILES string of the molecule is CN(C)CCNS(=O)(=O)c1cccc(C(=O)Nc2ccc3c(c2)OCO3)c1. The summed E-state index contributed by atoms with van der Waals surface area (Å²) in [4.78, 5) is 14.4. The highest BCUT2D eigenvalue weighted by Gasteiger charge is 2.17. The quantitative estimate of drug-likeness (QED) is 0.743. The van der Waals surface area contributed by atoms with Crippen LogP contribution in [0.5, 0.6) is 11.5 Å². The van der Waals surface area contributed by atoms with Gasteiger partial charge in [0.2, 0.25) is 16.8 Å². The zero-order valence-corrected chi connectivity index (χ0v) is 15.9. The Morgan fingerprint density at radius 1 is 1.11 bits per heavy atom. The van der Waals surface area contributed by atoms with E-state index in [1.807, 2.05) is 19.0 Å². The molecule has 0 bridgehead atoms. The van der Waals surface area contributed by atoms with E-state index in [0.717, 1.165) is 0 Å². The summed E-state index contributed by atoms with van der Waals surface area (Å²) in [6, 6.07) is 10.9. The number of rotatable bonds is 7. The number of anilines is 1. The number of ether oxygens (including phenoxy) is 2. The molecule has 0 saturated heterocycles. The lowest BCUT2D eigenvalue weighted by molar-refractivity contribution is 0.102. The molecule has 27 heavy (non-hydrogen) atoms. The molecular weight excluding hydrogens is 370 g/mol. The Morgan fingerprint density at radius 3 is 2.67 bits per heavy atom. The van der Waals surface area contributed by atoms with Crippen molar-refractivity contribution in [3.63, 3.8) is 0 Å². The maximum atomic E-state index is 12.5. The Morgan fingerprint density at radius 2 is 1.89 bits per heavy atom. The Labute approximate surface area is 158 Å². The van der Waals surface area contributed by atoms with E-state index in [0.29, 0.717) is 23.7 Å². The van der Waals surface area contributed by atoms with Gasteiger partial charge in [-0.3, -0.25) is 4.79 Å². The predicted octanol–water partition coefficient (Wildman–Crippen LogP) is 1.51. The molecule has 3 rings (SSSR count). The van der Waals surface area contributed by atoms with Gasteiger partial charge in [-0.05, 0) is 44.4 Å². The van der Waals surface area contributed by atoms with Crippen LogP contribution in [0.1, 0.15) is 10.4 Å². The molecule has 8 nitrogen and oxygen atoms in total. The van der Waals surface area contributed by atoms with Gasteiger partial charge >= 0.3 is 0 Å². The number of amides is 1. The van der Waals surface area contributed by atoms with Crippen molar-refractivity contribution in [2.75, 3.05) is 39.3 Å². The summed E-state index contributed by atoms with van der Waals surface area (Å²) in [5, 5.41) is 2.73. The molecule has 144 valence electrons. The maximum absolute atomic E-state index is 12.5. The summed E-state index contributed by atoms with van der Waals surface area (Å²) in [5.74, 6) is 0.748. The fourth-order valence-corrected chi connectivity index (χ4v) is 3.54. The van der Waals surface area contributed by atoms with E-state index in [4.69, 9.17) is 9.47 Å². The number of fused-ring (bicyclic) bond motifs is 1. The van der Waals surface area contributed by atoms with E-state index in [1.165, 1.54) is 18.2 Å². The molecule has 0 fully saturated rings. The van der Waals surface area contributed by atoms with Gasteiger partial charge in [-0.1, -0.05) is 6.07 Å². The van der Waals surface area contributed by atoms with Gasteiger partial charge in [0.05, 0.1) is 4.90 Å². The molecule has 0 aromatic heterocycles. The molecule has 1 aliphatic rings. The average molecular weight is 391 g/mol. The lowest BCUT2D eigenvalue weighted by Crippen LogP contribution is -2.31. The normalized spacial score (nSPS) is 13.0. The zero-order valence-electron chi connectivity index (χ0n) is 15.1. The van der Waals surface area contributed by atoms with E-state index >= 15 is 0 Å². The van der Waals surface area contributed by atoms with E-state index in [-0.39, 0.29) is 23.8 Å². The molecule has 2 N–H and O–H groups in total. The summed E-state index contributed by atoms with van der Waals surface area (Å²) >= 11 is 0. The number of hydrogen-bond donors (Lipinski definition) is 2. The van der Waals surface area contributed by atoms with Gasteiger partial charge in [-0.25, -0.2) is 13.1 Å². The number of benzene rings is 2. The van der Waals surface area contributed by atoms with Crippen LogP contribution in [0, 0.1) is 0 Å². The van der Waals surface area contributed by atoms with Crippen molar-refractivity contribution in [3.8, 4) is 11.5 Å². The van der Waals surface area contributed by atoms with E-state index in [1.54, 1.807) is 24.3 Å². The third-order valence-electron chi connectivity index (χ3n) is 3.89. The Hall–Kier alpha value is -2.62. The number of likely N-dealkylation sites (N-methyl/N-ethyl adjacent to an activating group) is 1. The topological polar surface area (TPSA) is 97.0 Å². The van der Waals surface area contributed by atoms with E-state index < -0.39 is 15.9 Å². The van der Waals surface area contributed by atoms with E-state index in [2.05, 4.69) is 10.0 Å². The molecule has 0 saturated carbocycles. The molecule has 0 radical (unpaired) electrons. The number of nitrogens with zero attached hydrogens (tertiary/aromatic N) is 1. The minimum absolute atomic E-state index is 0.0413. The summed E-state index contributed by atoms with van der Waals surface area (Å²) in [6.07, 6.45) is 0. The zero-order chi connectivity index (χ0) is 19.4. The minimum atomic E-state index is -3.69. The van der Waals surface area contributed by atoms with Crippen LogP contribution in [-0.2, 0) is 10.0 Å². The van der Waals surface area contributed by atoms with Gasteiger partial charge in [0.15, 0.2) is 11.5 Å². The molecule has 1 aliphatic heterocycles. The molecular formula is C18H21N3O5S. The van der Waals surface area contributed by atoms with Crippen molar-refractivity contribution in [2.45, 2.75) is 4.90 Å². The smallest absolute Gasteiger partial charge is 0.255 e. The Bertz CT molecular complexity index is 944. The van der Waals surface area contributed by atoms with Crippen molar-refractivity contribution in [1.29, 1.82) is 0 Å². The van der Waals surface area contributed by atoms with Crippen LogP contribution in [0.4, 0.5) is 5.69 Å². The van der Waals surface area contributed by atoms with Gasteiger partial charge in [0.25, 0.3) is 5.91 Å². The fraction of sp³-hybridized carbons (Fsp3) is 0.278. The fourth-order valence-electron chi connectivity index (χ4n) is 2.47. The van der Waals surface area contributed by atoms with Gasteiger partial charge in [-0.15, -0.1) is 0 Å². The number of carbonyl (C=O) groups is 1. The summed E-state index contributed by atoms with van der Waals surface area (Å²) in [7, 11) is 0.0270. The minimum Gasteiger partial charge on any atom is -0.454 e. The molecule has 0 aliphatic carbocycles. The molecule has 9 heteroatoms. The van der Waals surface area contributed by atoms with Crippen molar-refractivity contribution in [1.82, 2.24) is 9.62 Å². The number of nitrogens with one attached hydrogen (secondary N) is 2. The first-order valence-electron chi connectivity index (χ1n) is 8.30. The molecule has 0 spiro atoms. The monoisotopic (exact) mass is 391 g/mol. The van der Waals surface area contributed by atoms with Gasteiger partial charge in [0.1, 0.15) is 0 Å². The third kappa shape index (κ3) is 4.76. The molecule has 0 atom stereocenters. The van der Waals surface area contributed by atoms with Crippen LogP contribution in [-0.4, -0.2) is 53.2 Å². The predicted molar refractivity (Wildman–Crippen MR) is 101 cm³/mol. The number of carbonyl (C=O) groups excluding carboxylic acids is 1. The summed E-state index contributed by atoms with van der Waals surface area (Å²) in [5.41, 5.74) is 0.768. The van der Waals surface area contributed by atoms with Crippen LogP contribution < -0.4 is 19.5 Å². The number of hydrogen-bond acceptors (Lipinski definition) is 6. The first-order valence-corrected chi connectivity index (χ1v) is 9.79. The first-order chi connectivity index (χ1) is 12.8. The highest BCUT2D eigenvalue weighted by molar-refractivity contribution is 7.89.